The average Bonchev–Trinajstić information content (AvgIpc) is 3.02. The first-order valence-corrected chi connectivity index (χ1v) is 17.1. The fourth-order valence-corrected chi connectivity index (χ4v) is 5.91. The van der Waals surface area contributed by atoms with Crippen LogP contribution in [0.2, 0.25) is 0 Å². The number of hydrogen-bond donors (Lipinski definition) is 3. The maximum absolute atomic E-state index is 13.8. The number of aliphatic hydroxyl groups is 1. The standard InChI is InChI=1S/C38H57N3O5/c1-28(38(5,6)36(45)46-27-30-21-15-12-16-22-30)34(43)39-31(25-29-19-13-11-14-20-29)33(42)26-41-24-18-10-8-7-9-17-23-32(41)35(44)40-37(2,3)4/h11-16,19-22,28,31-33,42H,7-10,17-18,23-27H2,1-6H3,(H,39,43)(H,40,44)/t28-,31-,32-,33+/m0/s1. The van der Waals surface area contributed by atoms with Crippen molar-refractivity contribution in [3.63, 3.8) is 0 Å². The van der Waals surface area contributed by atoms with Crippen molar-refractivity contribution >= 4 is 17.8 Å². The summed E-state index contributed by atoms with van der Waals surface area (Å²) in [4.78, 5) is 42.6. The molecule has 0 spiro atoms. The molecule has 8 nitrogen and oxygen atoms in total. The van der Waals surface area contributed by atoms with Gasteiger partial charge in [0.1, 0.15) is 6.61 Å². The Balaban J connectivity index is 1.79. The lowest BCUT2D eigenvalue weighted by atomic mass is 9.79. The van der Waals surface area contributed by atoms with Crippen molar-refractivity contribution in [1.82, 2.24) is 15.5 Å². The second-order valence-electron chi connectivity index (χ2n) is 14.5. The zero-order chi connectivity index (χ0) is 33.7. The Morgan fingerprint density at radius 2 is 1.43 bits per heavy atom. The van der Waals surface area contributed by atoms with Gasteiger partial charge in [0.25, 0.3) is 0 Å². The van der Waals surface area contributed by atoms with Crippen LogP contribution < -0.4 is 10.6 Å². The van der Waals surface area contributed by atoms with Crippen LogP contribution in [-0.4, -0.2) is 64.6 Å². The Morgan fingerprint density at radius 3 is 2.04 bits per heavy atom. The van der Waals surface area contributed by atoms with E-state index in [9.17, 15) is 19.5 Å². The summed E-state index contributed by atoms with van der Waals surface area (Å²) < 4.78 is 5.61. The van der Waals surface area contributed by atoms with E-state index in [1.807, 2.05) is 81.4 Å². The number of ether oxygens (including phenoxy) is 1. The van der Waals surface area contributed by atoms with E-state index in [4.69, 9.17) is 4.74 Å². The van der Waals surface area contributed by atoms with Gasteiger partial charge in [-0.1, -0.05) is 99.7 Å². The van der Waals surface area contributed by atoms with E-state index in [-0.39, 0.29) is 36.5 Å². The van der Waals surface area contributed by atoms with Crippen molar-refractivity contribution in [3.8, 4) is 0 Å². The predicted molar refractivity (Wildman–Crippen MR) is 183 cm³/mol. The molecule has 0 aliphatic carbocycles. The lowest BCUT2D eigenvalue weighted by Gasteiger charge is -2.37. The van der Waals surface area contributed by atoms with Crippen LogP contribution in [0.4, 0.5) is 0 Å². The second kappa shape index (κ2) is 17.6. The molecule has 0 radical (unpaired) electrons. The highest BCUT2D eigenvalue weighted by Crippen LogP contribution is 2.29. The Kier molecular flexibility index (Phi) is 14.3. The first-order valence-electron chi connectivity index (χ1n) is 17.1. The molecule has 254 valence electrons. The normalized spacial score (nSPS) is 18.9. The molecule has 3 N–H and O–H groups in total. The summed E-state index contributed by atoms with van der Waals surface area (Å²) >= 11 is 0. The van der Waals surface area contributed by atoms with Crippen LogP contribution in [0.25, 0.3) is 0 Å². The zero-order valence-corrected chi connectivity index (χ0v) is 28.9. The van der Waals surface area contributed by atoms with Gasteiger partial charge >= 0.3 is 5.97 Å². The number of β-amino-alcohol motifs (C(OH)–C–C–N with tert-alkyl or cyclic N) is 1. The molecule has 1 aliphatic rings. The van der Waals surface area contributed by atoms with Crippen molar-refractivity contribution in [1.29, 1.82) is 0 Å². The molecule has 1 heterocycles. The minimum absolute atomic E-state index is 0.0201. The number of rotatable bonds is 12. The van der Waals surface area contributed by atoms with E-state index < -0.39 is 29.4 Å². The van der Waals surface area contributed by atoms with Gasteiger partial charge in [-0.05, 0) is 71.6 Å². The van der Waals surface area contributed by atoms with Gasteiger partial charge in [-0.25, -0.2) is 0 Å². The molecule has 1 aliphatic heterocycles. The van der Waals surface area contributed by atoms with Crippen LogP contribution in [0.3, 0.4) is 0 Å². The fraction of sp³-hybridized carbons (Fsp3) is 0.605. The third-order valence-corrected chi connectivity index (χ3v) is 9.14. The number of carbonyl (C=O) groups is 3. The number of nitrogens with one attached hydrogen (secondary N) is 2. The summed E-state index contributed by atoms with van der Waals surface area (Å²) in [6.45, 7) is 12.2. The molecule has 46 heavy (non-hydrogen) atoms. The molecule has 2 aromatic carbocycles. The third-order valence-electron chi connectivity index (χ3n) is 9.14. The van der Waals surface area contributed by atoms with Crippen molar-refractivity contribution < 1.29 is 24.2 Å². The number of esters is 1. The van der Waals surface area contributed by atoms with E-state index in [0.717, 1.165) is 43.2 Å². The number of hydrogen-bond acceptors (Lipinski definition) is 6. The van der Waals surface area contributed by atoms with Gasteiger partial charge in [0.15, 0.2) is 0 Å². The van der Waals surface area contributed by atoms with E-state index in [1.54, 1.807) is 20.8 Å². The van der Waals surface area contributed by atoms with E-state index >= 15 is 0 Å². The molecule has 0 bridgehead atoms. The van der Waals surface area contributed by atoms with Gasteiger partial charge < -0.3 is 20.5 Å². The number of benzene rings is 2. The number of amides is 2. The minimum atomic E-state index is -1.10. The van der Waals surface area contributed by atoms with Crippen LogP contribution in [0.15, 0.2) is 60.7 Å². The highest BCUT2D eigenvalue weighted by molar-refractivity contribution is 5.87. The first kappa shape index (κ1) is 37.2. The Morgan fingerprint density at radius 1 is 0.870 bits per heavy atom. The van der Waals surface area contributed by atoms with Crippen LogP contribution in [0, 0.1) is 11.3 Å². The highest BCUT2D eigenvalue weighted by Gasteiger charge is 2.41. The maximum atomic E-state index is 13.8. The fourth-order valence-electron chi connectivity index (χ4n) is 5.91. The van der Waals surface area contributed by atoms with E-state index in [0.29, 0.717) is 13.0 Å². The second-order valence-corrected chi connectivity index (χ2v) is 14.5. The third kappa shape index (κ3) is 11.8. The zero-order valence-electron chi connectivity index (χ0n) is 28.9. The van der Waals surface area contributed by atoms with Crippen LogP contribution in [0.1, 0.15) is 97.6 Å². The molecule has 2 amide bonds. The molecule has 0 unspecified atom stereocenters. The topological polar surface area (TPSA) is 108 Å². The van der Waals surface area contributed by atoms with E-state index in [2.05, 4.69) is 15.5 Å². The number of nitrogens with zero attached hydrogens (tertiary/aromatic N) is 1. The summed E-state index contributed by atoms with van der Waals surface area (Å²) in [7, 11) is 0. The molecule has 0 saturated carbocycles. The average molecular weight is 636 g/mol. The monoisotopic (exact) mass is 635 g/mol. The summed E-state index contributed by atoms with van der Waals surface area (Å²) in [5.41, 5.74) is 0.381. The lowest BCUT2D eigenvalue weighted by Crippen LogP contribution is -2.57. The predicted octanol–water partition coefficient (Wildman–Crippen LogP) is 5.81. The van der Waals surface area contributed by atoms with E-state index in [1.165, 1.54) is 12.8 Å². The quantitative estimate of drug-likeness (QED) is 0.254. The highest BCUT2D eigenvalue weighted by atomic mass is 16.5. The van der Waals surface area contributed by atoms with Gasteiger partial charge in [-0.3, -0.25) is 19.3 Å². The summed E-state index contributed by atoms with van der Waals surface area (Å²) in [6.07, 6.45) is 6.59. The summed E-state index contributed by atoms with van der Waals surface area (Å²) in [5.74, 6) is -1.53. The Hall–Kier alpha value is -3.23. The SMILES string of the molecule is C[C@@H](C(=O)N[C@@H](Cc1ccccc1)[C@H](O)CN1CCCCCCCC[C@H]1C(=O)NC(C)(C)C)C(C)(C)C(=O)OCc1ccccc1. The van der Waals surface area contributed by atoms with Crippen LogP contribution in [0.5, 0.6) is 0 Å². The number of carbonyl (C=O) groups excluding carboxylic acids is 3. The van der Waals surface area contributed by atoms with Crippen molar-refractivity contribution in [2.45, 2.75) is 123 Å². The molecule has 0 aromatic heterocycles. The van der Waals surface area contributed by atoms with Gasteiger partial charge in [0.05, 0.1) is 29.5 Å². The van der Waals surface area contributed by atoms with Gasteiger partial charge in [-0.2, -0.15) is 0 Å². The molecular weight excluding hydrogens is 578 g/mol. The number of aliphatic hydroxyl groups excluding tert-OH is 1. The van der Waals surface area contributed by atoms with Crippen molar-refractivity contribution in [3.05, 3.63) is 71.8 Å². The summed E-state index contributed by atoms with van der Waals surface area (Å²) in [5, 5.41) is 18.1. The summed E-state index contributed by atoms with van der Waals surface area (Å²) in [6, 6.07) is 18.2. The van der Waals surface area contributed by atoms with Crippen molar-refractivity contribution in [2.75, 3.05) is 13.1 Å². The minimum Gasteiger partial charge on any atom is -0.460 e. The lowest BCUT2D eigenvalue weighted by molar-refractivity contribution is -0.161. The molecule has 1 fully saturated rings. The molecule has 8 heteroatoms. The Labute approximate surface area is 276 Å². The molecule has 1 saturated heterocycles. The van der Waals surface area contributed by atoms with Crippen molar-refractivity contribution in [2.24, 2.45) is 11.3 Å². The maximum Gasteiger partial charge on any atom is 0.312 e. The van der Waals surface area contributed by atoms with Crippen LogP contribution in [-0.2, 0) is 32.1 Å². The van der Waals surface area contributed by atoms with Crippen LogP contribution >= 0.6 is 0 Å². The van der Waals surface area contributed by atoms with Gasteiger partial charge in [0.2, 0.25) is 11.8 Å². The molecule has 3 rings (SSSR count). The smallest absolute Gasteiger partial charge is 0.312 e. The largest absolute Gasteiger partial charge is 0.460 e. The molecule has 2 aromatic rings. The van der Waals surface area contributed by atoms with Gasteiger partial charge in [0, 0.05) is 12.1 Å². The molecular formula is C38H57N3O5. The molecule has 4 atom stereocenters. The Bertz CT molecular complexity index is 1230. The van der Waals surface area contributed by atoms with Gasteiger partial charge in [-0.15, -0.1) is 0 Å². The first-order chi connectivity index (χ1) is 21.8.